The maximum atomic E-state index is 3.58. The highest BCUT2D eigenvalue weighted by Crippen LogP contribution is 2.48. The lowest BCUT2D eigenvalue weighted by atomic mass is 9.80. The Bertz CT molecular complexity index is 118. The van der Waals surface area contributed by atoms with Gasteiger partial charge in [-0.15, -0.1) is 11.8 Å². The van der Waals surface area contributed by atoms with Crippen molar-refractivity contribution in [2.75, 3.05) is 12.3 Å². The van der Waals surface area contributed by atoms with Crippen LogP contribution < -0.4 is 5.32 Å². The zero-order valence-electron chi connectivity index (χ0n) is 5.81. The van der Waals surface area contributed by atoms with Crippen molar-refractivity contribution in [2.24, 2.45) is 5.92 Å². The molecule has 1 heterocycles. The Labute approximate surface area is 60.6 Å². The van der Waals surface area contributed by atoms with Crippen LogP contribution in [0.1, 0.15) is 19.8 Å². The van der Waals surface area contributed by atoms with E-state index in [4.69, 9.17) is 0 Å². The van der Waals surface area contributed by atoms with E-state index in [2.05, 4.69) is 24.0 Å². The Morgan fingerprint density at radius 2 is 2.56 bits per heavy atom. The maximum Gasteiger partial charge on any atom is 0.0671 e. The largest absolute Gasteiger partial charge is 0.302 e. The number of thioether (sulfide) groups is 1. The van der Waals surface area contributed by atoms with Gasteiger partial charge in [-0.2, -0.15) is 0 Å². The standard InChI is InChI=1S/C7H13NS/c1-6-2-3-7(6)8-4-5-9-7/h6,8H,2-5H2,1H3. The fourth-order valence-electron chi connectivity index (χ4n) is 1.72. The summed E-state index contributed by atoms with van der Waals surface area (Å²) in [5.74, 6) is 2.25. The third-order valence-electron chi connectivity index (χ3n) is 2.63. The van der Waals surface area contributed by atoms with E-state index in [-0.39, 0.29) is 0 Å². The summed E-state index contributed by atoms with van der Waals surface area (Å²) in [4.78, 5) is 0.542. The first kappa shape index (κ1) is 6.05. The van der Waals surface area contributed by atoms with Crippen molar-refractivity contribution in [3.63, 3.8) is 0 Å². The molecular weight excluding hydrogens is 130 g/mol. The van der Waals surface area contributed by atoms with Gasteiger partial charge in [0, 0.05) is 12.3 Å². The monoisotopic (exact) mass is 143 g/mol. The van der Waals surface area contributed by atoms with E-state index in [1.165, 1.54) is 25.1 Å². The van der Waals surface area contributed by atoms with Gasteiger partial charge in [-0.05, 0) is 18.8 Å². The van der Waals surface area contributed by atoms with Gasteiger partial charge in [-0.3, -0.25) is 0 Å². The van der Waals surface area contributed by atoms with Crippen molar-refractivity contribution in [2.45, 2.75) is 24.6 Å². The molecule has 1 saturated heterocycles. The van der Waals surface area contributed by atoms with Gasteiger partial charge in [0.15, 0.2) is 0 Å². The third-order valence-corrected chi connectivity index (χ3v) is 4.30. The summed E-state index contributed by atoms with van der Waals surface area (Å²) in [6.07, 6.45) is 2.83. The fourth-order valence-corrected chi connectivity index (χ4v) is 3.16. The summed E-state index contributed by atoms with van der Waals surface area (Å²) in [6, 6.07) is 0. The van der Waals surface area contributed by atoms with Gasteiger partial charge in [-0.1, -0.05) is 6.92 Å². The van der Waals surface area contributed by atoms with E-state index >= 15 is 0 Å². The van der Waals surface area contributed by atoms with E-state index in [0.717, 1.165) is 5.92 Å². The van der Waals surface area contributed by atoms with Crippen LogP contribution in [-0.2, 0) is 0 Å². The van der Waals surface area contributed by atoms with Crippen LogP contribution in [0.5, 0.6) is 0 Å². The number of hydrogen-bond acceptors (Lipinski definition) is 2. The van der Waals surface area contributed by atoms with E-state index < -0.39 is 0 Å². The molecule has 1 aliphatic carbocycles. The van der Waals surface area contributed by atoms with E-state index in [1.54, 1.807) is 0 Å². The summed E-state index contributed by atoms with van der Waals surface area (Å²) < 4.78 is 0. The average molecular weight is 143 g/mol. The van der Waals surface area contributed by atoms with Gasteiger partial charge < -0.3 is 5.32 Å². The molecule has 1 aliphatic heterocycles. The molecule has 2 unspecified atom stereocenters. The molecule has 0 bridgehead atoms. The Morgan fingerprint density at radius 1 is 1.67 bits per heavy atom. The third kappa shape index (κ3) is 0.729. The van der Waals surface area contributed by atoms with Crippen LogP contribution in [0.3, 0.4) is 0 Å². The molecule has 2 aliphatic rings. The maximum absolute atomic E-state index is 3.58. The van der Waals surface area contributed by atoms with Crippen LogP contribution in [0, 0.1) is 5.92 Å². The predicted octanol–water partition coefficient (Wildman–Crippen LogP) is 1.45. The van der Waals surface area contributed by atoms with Crippen molar-refractivity contribution in [1.82, 2.24) is 5.32 Å². The molecule has 1 saturated carbocycles. The minimum absolute atomic E-state index is 0.542. The molecule has 2 atom stereocenters. The summed E-state index contributed by atoms with van der Waals surface area (Å²) in [7, 11) is 0. The van der Waals surface area contributed by atoms with Crippen molar-refractivity contribution in [1.29, 1.82) is 0 Å². The zero-order valence-corrected chi connectivity index (χ0v) is 6.63. The zero-order chi connectivity index (χ0) is 6.32. The molecule has 52 valence electrons. The van der Waals surface area contributed by atoms with Crippen molar-refractivity contribution in [3.8, 4) is 0 Å². The molecule has 0 aromatic heterocycles. The van der Waals surface area contributed by atoms with Gasteiger partial charge in [0.25, 0.3) is 0 Å². The van der Waals surface area contributed by atoms with Crippen LogP contribution in [0.2, 0.25) is 0 Å². The van der Waals surface area contributed by atoms with Gasteiger partial charge in [0.2, 0.25) is 0 Å². The molecule has 9 heavy (non-hydrogen) atoms. The van der Waals surface area contributed by atoms with E-state index in [1.807, 2.05) is 0 Å². The molecule has 0 aromatic rings. The average Bonchev–Trinajstić information content (AvgIpc) is 2.34. The van der Waals surface area contributed by atoms with Gasteiger partial charge in [-0.25, -0.2) is 0 Å². The summed E-state index contributed by atoms with van der Waals surface area (Å²) in [5, 5.41) is 3.58. The number of rotatable bonds is 0. The lowest BCUT2D eigenvalue weighted by Gasteiger charge is -2.44. The molecule has 1 N–H and O–H groups in total. The first-order chi connectivity index (χ1) is 4.33. The minimum Gasteiger partial charge on any atom is -0.302 e. The van der Waals surface area contributed by atoms with Crippen LogP contribution in [0.15, 0.2) is 0 Å². The Kier molecular flexibility index (Phi) is 1.27. The molecule has 2 heteroatoms. The van der Waals surface area contributed by atoms with Crippen LogP contribution >= 0.6 is 11.8 Å². The Balaban J connectivity index is 2.06. The highest BCUT2D eigenvalue weighted by atomic mass is 32.2. The summed E-state index contributed by atoms with van der Waals surface area (Å²) in [6.45, 7) is 3.59. The van der Waals surface area contributed by atoms with Gasteiger partial charge in [0.05, 0.1) is 4.87 Å². The summed E-state index contributed by atoms with van der Waals surface area (Å²) >= 11 is 2.13. The topological polar surface area (TPSA) is 12.0 Å². The summed E-state index contributed by atoms with van der Waals surface area (Å²) in [5.41, 5.74) is 0. The molecule has 2 fully saturated rings. The van der Waals surface area contributed by atoms with Crippen molar-refractivity contribution < 1.29 is 0 Å². The molecular formula is C7H13NS. The van der Waals surface area contributed by atoms with Gasteiger partial charge in [0.1, 0.15) is 0 Å². The van der Waals surface area contributed by atoms with Crippen molar-refractivity contribution >= 4 is 11.8 Å². The number of hydrogen-bond donors (Lipinski definition) is 1. The van der Waals surface area contributed by atoms with Crippen LogP contribution in [-0.4, -0.2) is 17.2 Å². The van der Waals surface area contributed by atoms with Crippen molar-refractivity contribution in [3.05, 3.63) is 0 Å². The van der Waals surface area contributed by atoms with Crippen LogP contribution in [0.25, 0.3) is 0 Å². The second-order valence-electron chi connectivity index (χ2n) is 3.10. The first-order valence-electron chi connectivity index (χ1n) is 3.72. The molecule has 2 rings (SSSR count). The van der Waals surface area contributed by atoms with E-state index in [9.17, 15) is 0 Å². The molecule has 0 aromatic carbocycles. The lowest BCUT2D eigenvalue weighted by Crippen LogP contribution is -2.50. The molecule has 1 nitrogen and oxygen atoms in total. The highest BCUT2D eigenvalue weighted by Gasteiger charge is 2.46. The number of nitrogens with one attached hydrogen (secondary N) is 1. The minimum atomic E-state index is 0.542. The molecule has 1 spiro atoms. The fraction of sp³-hybridized carbons (Fsp3) is 1.00. The Morgan fingerprint density at radius 3 is 2.78 bits per heavy atom. The van der Waals surface area contributed by atoms with E-state index in [0.29, 0.717) is 4.87 Å². The second-order valence-corrected chi connectivity index (χ2v) is 4.53. The van der Waals surface area contributed by atoms with Gasteiger partial charge >= 0.3 is 0 Å². The lowest BCUT2D eigenvalue weighted by molar-refractivity contribution is 0.207. The highest BCUT2D eigenvalue weighted by molar-refractivity contribution is 8.00. The second kappa shape index (κ2) is 1.89. The SMILES string of the molecule is CC1CCC12NCCS2. The quantitative estimate of drug-likeness (QED) is 0.551. The first-order valence-corrected chi connectivity index (χ1v) is 4.71. The normalized spacial score (nSPS) is 49.7. The Hall–Kier alpha value is 0.310. The predicted molar refractivity (Wildman–Crippen MR) is 41.6 cm³/mol. The molecule has 0 amide bonds. The van der Waals surface area contributed by atoms with Crippen LogP contribution in [0.4, 0.5) is 0 Å². The molecule has 0 radical (unpaired) electrons. The smallest absolute Gasteiger partial charge is 0.0671 e.